The molecule has 1 aromatic carbocycles. The predicted octanol–water partition coefficient (Wildman–Crippen LogP) is 2.34. The molecule has 0 heterocycles. The normalized spacial score (nSPS) is 12.6. The van der Waals surface area contributed by atoms with E-state index < -0.39 is 29.6 Å². The maximum absolute atomic E-state index is 13.1. The maximum atomic E-state index is 13.1. The molecular weight excluding hydrogens is 289 g/mol. The van der Waals surface area contributed by atoms with E-state index in [0.29, 0.717) is 5.56 Å². The van der Waals surface area contributed by atoms with Crippen LogP contribution in [0.15, 0.2) is 36.4 Å². The Morgan fingerprint density at radius 2 is 1.95 bits per heavy atom. The van der Waals surface area contributed by atoms with Crippen LogP contribution in [0.4, 0.5) is 4.39 Å². The summed E-state index contributed by atoms with van der Waals surface area (Å²) in [6.45, 7) is 5.31. The molecule has 0 bridgehead atoms. The molecule has 0 saturated heterocycles. The van der Waals surface area contributed by atoms with Crippen molar-refractivity contribution >= 4 is 11.9 Å². The van der Waals surface area contributed by atoms with Crippen LogP contribution in [-0.2, 0) is 19.1 Å². The standard InChI is InChI=1S/C16H16FNO4/c1-4-22-16(20)13(9-18)14(10(2)15(19)21-3)11-5-7-12(17)8-6-11/h5-8,13-14H,2,4H2,1,3H3. The summed E-state index contributed by atoms with van der Waals surface area (Å²) in [5, 5.41) is 9.29. The van der Waals surface area contributed by atoms with Crippen molar-refractivity contribution in [1.29, 1.82) is 5.26 Å². The van der Waals surface area contributed by atoms with Gasteiger partial charge in [0.15, 0.2) is 5.92 Å². The fraction of sp³-hybridized carbons (Fsp3) is 0.312. The molecule has 0 amide bonds. The average Bonchev–Trinajstić information content (AvgIpc) is 2.52. The molecule has 1 aromatic rings. The molecular formula is C16H16FNO4. The number of hydrogen-bond acceptors (Lipinski definition) is 5. The highest BCUT2D eigenvalue weighted by atomic mass is 19.1. The van der Waals surface area contributed by atoms with E-state index in [1.807, 2.05) is 6.07 Å². The lowest BCUT2D eigenvalue weighted by Crippen LogP contribution is -2.27. The van der Waals surface area contributed by atoms with E-state index in [1.165, 1.54) is 31.4 Å². The molecule has 2 atom stereocenters. The third-order valence-corrected chi connectivity index (χ3v) is 3.07. The number of carbonyl (C=O) groups is 2. The van der Waals surface area contributed by atoms with E-state index in [0.717, 1.165) is 0 Å². The minimum absolute atomic E-state index is 0.0753. The Kier molecular flexibility index (Phi) is 6.26. The average molecular weight is 305 g/mol. The van der Waals surface area contributed by atoms with Crippen LogP contribution in [0.1, 0.15) is 18.4 Å². The molecule has 0 aliphatic carbocycles. The van der Waals surface area contributed by atoms with Crippen LogP contribution in [0.5, 0.6) is 0 Å². The lowest BCUT2D eigenvalue weighted by molar-refractivity contribution is -0.146. The van der Waals surface area contributed by atoms with Crippen LogP contribution in [0.3, 0.4) is 0 Å². The molecule has 0 N–H and O–H groups in total. The molecule has 0 aromatic heterocycles. The van der Waals surface area contributed by atoms with Gasteiger partial charge in [-0.15, -0.1) is 0 Å². The lowest BCUT2D eigenvalue weighted by Gasteiger charge is -2.22. The van der Waals surface area contributed by atoms with Crippen LogP contribution in [0.2, 0.25) is 0 Å². The Labute approximate surface area is 127 Å². The van der Waals surface area contributed by atoms with Gasteiger partial charge in [0, 0.05) is 11.5 Å². The molecule has 6 heteroatoms. The van der Waals surface area contributed by atoms with Crippen LogP contribution < -0.4 is 0 Å². The number of ether oxygens (including phenoxy) is 2. The number of halogens is 1. The van der Waals surface area contributed by atoms with E-state index in [2.05, 4.69) is 11.3 Å². The summed E-state index contributed by atoms with van der Waals surface area (Å²) in [5.41, 5.74) is 0.324. The van der Waals surface area contributed by atoms with Crippen molar-refractivity contribution in [3.8, 4) is 6.07 Å². The van der Waals surface area contributed by atoms with Gasteiger partial charge in [0.25, 0.3) is 0 Å². The second-order valence-electron chi connectivity index (χ2n) is 4.40. The molecule has 22 heavy (non-hydrogen) atoms. The SMILES string of the molecule is C=C(C(=O)OC)C(c1ccc(F)cc1)C(C#N)C(=O)OCC. The number of rotatable bonds is 6. The van der Waals surface area contributed by atoms with Crippen molar-refractivity contribution in [2.75, 3.05) is 13.7 Å². The molecule has 0 radical (unpaired) electrons. The molecule has 0 fully saturated rings. The van der Waals surface area contributed by atoms with Crippen molar-refractivity contribution in [2.45, 2.75) is 12.8 Å². The van der Waals surface area contributed by atoms with E-state index in [1.54, 1.807) is 6.92 Å². The summed E-state index contributed by atoms with van der Waals surface area (Å²) in [6, 6.07) is 6.94. The van der Waals surface area contributed by atoms with Crippen LogP contribution in [-0.4, -0.2) is 25.7 Å². The van der Waals surface area contributed by atoms with Gasteiger partial charge >= 0.3 is 11.9 Å². The fourth-order valence-corrected chi connectivity index (χ4v) is 2.02. The van der Waals surface area contributed by atoms with Crippen molar-refractivity contribution in [1.82, 2.24) is 0 Å². The topological polar surface area (TPSA) is 76.4 Å². The summed E-state index contributed by atoms with van der Waals surface area (Å²) in [4.78, 5) is 23.7. The highest BCUT2D eigenvalue weighted by Gasteiger charge is 2.35. The number of nitriles is 1. The fourth-order valence-electron chi connectivity index (χ4n) is 2.02. The zero-order valence-corrected chi connectivity index (χ0v) is 12.3. The van der Waals surface area contributed by atoms with Gasteiger partial charge in [-0.25, -0.2) is 9.18 Å². The number of hydrogen-bond donors (Lipinski definition) is 0. The van der Waals surface area contributed by atoms with Crippen LogP contribution in [0, 0.1) is 23.1 Å². The smallest absolute Gasteiger partial charge is 0.333 e. The van der Waals surface area contributed by atoms with Crippen molar-refractivity contribution in [3.05, 3.63) is 47.8 Å². The number of carbonyl (C=O) groups excluding carboxylic acids is 2. The number of esters is 2. The number of benzene rings is 1. The Bertz CT molecular complexity index is 604. The monoisotopic (exact) mass is 305 g/mol. The first-order valence-corrected chi connectivity index (χ1v) is 6.55. The zero-order chi connectivity index (χ0) is 16.7. The predicted molar refractivity (Wildman–Crippen MR) is 76.0 cm³/mol. The van der Waals surface area contributed by atoms with Crippen LogP contribution in [0.25, 0.3) is 0 Å². The summed E-state index contributed by atoms with van der Waals surface area (Å²) in [5.74, 6) is -4.26. The maximum Gasteiger partial charge on any atom is 0.333 e. The van der Waals surface area contributed by atoms with Gasteiger partial charge in [-0.2, -0.15) is 5.26 Å². The van der Waals surface area contributed by atoms with E-state index in [4.69, 9.17) is 4.74 Å². The minimum atomic E-state index is -1.28. The molecule has 0 aliphatic heterocycles. The lowest BCUT2D eigenvalue weighted by atomic mass is 9.81. The molecule has 1 rings (SSSR count). The zero-order valence-electron chi connectivity index (χ0n) is 12.3. The van der Waals surface area contributed by atoms with Gasteiger partial charge in [0.1, 0.15) is 5.82 Å². The highest BCUT2D eigenvalue weighted by Crippen LogP contribution is 2.32. The Morgan fingerprint density at radius 3 is 2.41 bits per heavy atom. The highest BCUT2D eigenvalue weighted by molar-refractivity contribution is 5.91. The second kappa shape index (κ2) is 7.93. The second-order valence-corrected chi connectivity index (χ2v) is 4.40. The van der Waals surface area contributed by atoms with Gasteiger partial charge in [-0.05, 0) is 24.6 Å². The van der Waals surface area contributed by atoms with Crippen molar-refractivity contribution < 1.29 is 23.5 Å². The summed E-state index contributed by atoms with van der Waals surface area (Å²) in [6.07, 6.45) is 0. The summed E-state index contributed by atoms with van der Waals surface area (Å²) < 4.78 is 22.5. The van der Waals surface area contributed by atoms with E-state index >= 15 is 0 Å². The van der Waals surface area contributed by atoms with Gasteiger partial charge < -0.3 is 9.47 Å². The van der Waals surface area contributed by atoms with Crippen molar-refractivity contribution in [3.63, 3.8) is 0 Å². The molecule has 0 saturated carbocycles. The first-order chi connectivity index (χ1) is 10.5. The summed E-state index contributed by atoms with van der Waals surface area (Å²) >= 11 is 0. The third kappa shape index (κ3) is 3.92. The molecule has 2 unspecified atom stereocenters. The Hall–Kier alpha value is -2.68. The van der Waals surface area contributed by atoms with Crippen molar-refractivity contribution in [2.24, 2.45) is 5.92 Å². The Morgan fingerprint density at radius 1 is 1.36 bits per heavy atom. The first kappa shape index (κ1) is 17.4. The van der Waals surface area contributed by atoms with E-state index in [9.17, 15) is 19.2 Å². The Balaban J connectivity index is 3.29. The summed E-state index contributed by atoms with van der Waals surface area (Å²) in [7, 11) is 1.17. The molecule has 116 valence electrons. The van der Waals surface area contributed by atoms with Gasteiger partial charge in [-0.1, -0.05) is 18.7 Å². The molecule has 0 spiro atoms. The molecule has 5 nitrogen and oxygen atoms in total. The largest absolute Gasteiger partial charge is 0.466 e. The van der Waals surface area contributed by atoms with E-state index in [-0.39, 0.29) is 12.2 Å². The minimum Gasteiger partial charge on any atom is -0.466 e. The number of methoxy groups -OCH3 is 1. The van der Waals surface area contributed by atoms with Gasteiger partial charge in [0.2, 0.25) is 0 Å². The van der Waals surface area contributed by atoms with Gasteiger partial charge in [-0.3, -0.25) is 4.79 Å². The quantitative estimate of drug-likeness (QED) is 0.595. The third-order valence-electron chi connectivity index (χ3n) is 3.07. The van der Waals surface area contributed by atoms with Crippen LogP contribution >= 0.6 is 0 Å². The van der Waals surface area contributed by atoms with Gasteiger partial charge in [0.05, 0.1) is 19.8 Å². The first-order valence-electron chi connectivity index (χ1n) is 6.55. The number of nitrogens with zero attached hydrogens (tertiary/aromatic N) is 1. The molecule has 0 aliphatic rings.